The lowest BCUT2D eigenvalue weighted by molar-refractivity contribution is -0.136. The van der Waals surface area contributed by atoms with Crippen LogP contribution in [-0.2, 0) is 14.3 Å². The molecule has 1 rings (SSSR count). The molecule has 1 aromatic rings. The van der Waals surface area contributed by atoms with Gasteiger partial charge in [-0.05, 0) is 12.5 Å². The van der Waals surface area contributed by atoms with Crippen LogP contribution in [0, 0.1) is 0 Å². The van der Waals surface area contributed by atoms with E-state index in [1.54, 1.807) is 19.1 Å². The summed E-state index contributed by atoms with van der Waals surface area (Å²) >= 11 is 0. The lowest BCUT2D eigenvalue weighted by Crippen LogP contribution is -2.47. The molecule has 0 fully saturated rings. The third kappa shape index (κ3) is 4.59. The molecule has 5 nitrogen and oxygen atoms in total. The van der Waals surface area contributed by atoms with Crippen LogP contribution in [0.25, 0.3) is 0 Å². The summed E-state index contributed by atoms with van der Waals surface area (Å²) < 4.78 is 10.2. The molecule has 0 heterocycles. The van der Waals surface area contributed by atoms with E-state index in [2.05, 4.69) is 0 Å². The standard InChI is InChI=1S/C15H24N2O3/c1-12(11-20-3)17(9-10-19-2)15(18)14(16)13-7-5-4-6-8-13/h4-8,12,14H,9-11,16H2,1-3H3. The third-order valence-electron chi connectivity index (χ3n) is 3.18. The van der Waals surface area contributed by atoms with Crippen LogP contribution in [0.4, 0.5) is 0 Å². The lowest BCUT2D eigenvalue weighted by Gasteiger charge is -2.31. The van der Waals surface area contributed by atoms with E-state index in [1.165, 1.54) is 0 Å². The van der Waals surface area contributed by atoms with Crippen molar-refractivity contribution in [3.05, 3.63) is 35.9 Å². The van der Waals surface area contributed by atoms with Gasteiger partial charge in [-0.3, -0.25) is 4.79 Å². The number of rotatable bonds is 8. The first-order valence-corrected chi connectivity index (χ1v) is 6.70. The van der Waals surface area contributed by atoms with Crippen LogP contribution < -0.4 is 5.73 Å². The predicted octanol–water partition coefficient (Wildman–Crippen LogP) is 1.20. The van der Waals surface area contributed by atoms with Gasteiger partial charge >= 0.3 is 0 Å². The van der Waals surface area contributed by atoms with E-state index < -0.39 is 6.04 Å². The van der Waals surface area contributed by atoms with E-state index in [0.29, 0.717) is 19.8 Å². The van der Waals surface area contributed by atoms with Gasteiger partial charge in [-0.25, -0.2) is 0 Å². The van der Waals surface area contributed by atoms with Crippen molar-refractivity contribution >= 4 is 5.91 Å². The van der Waals surface area contributed by atoms with Crippen molar-refractivity contribution in [3.63, 3.8) is 0 Å². The van der Waals surface area contributed by atoms with E-state index in [-0.39, 0.29) is 11.9 Å². The molecule has 0 saturated carbocycles. The van der Waals surface area contributed by atoms with Crippen molar-refractivity contribution in [2.24, 2.45) is 5.73 Å². The SMILES string of the molecule is COCCN(C(=O)C(N)c1ccccc1)C(C)COC. The molecule has 0 spiro atoms. The maximum Gasteiger partial charge on any atom is 0.244 e. The van der Waals surface area contributed by atoms with Crippen LogP contribution in [-0.4, -0.2) is 50.8 Å². The third-order valence-corrected chi connectivity index (χ3v) is 3.18. The van der Waals surface area contributed by atoms with Crippen molar-refractivity contribution in [1.82, 2.24) is 4.90 Å². The molecule has 0 aliphatic heterocycles. The minimum Gasteiger partial charge on any atom is -0.383 e. The van der Waals surface area contributed by atoms with Gasteiger partial charge < -0.3 is 20.1 Å². The van der Waals surface area contributed by atoms with Crippen LogP contribution in [0.5, 0.6) is 0 Å². The molecule has 20 heavy (non-hydrogen) atoms. The van der Waals surface area contributed by atoms with Gasteiger partial charge in [0, 0.05) is 20.8 Å². The van der Waals surface area contributed by atoms with Gasteiger partial charge in [-0.2, -0.15) is 0 Å². The van der Waals surface area contributed by atoms with Crippen molar-refractivity contribution in [2.45, 2.75) is 19.0 Å². The summed E-state index contributed by atoms with van der Waals surface area (Å²) in [6.45, 7) is 3.38. The second-order valence-corrected chi connectivity index (χ2v) is 4.72. The zero-order chi connectivity index (χ0) is 15.0. The molecule has 0 radical (unpaired) electrons. The number of hydrogen-bond donors (Lipinski definition) is 1. The zero-order valence-corrected chi connectivity index (χ0v) is 12.4. The number of amides is 1. The normalized spacial score (nSPS) is 13.8. The van der Waals surface area contributed by atoms with Crippen LogP contribution in [0.2, 0.25) is 0 Å². The van der Waals surface area contributed by atoms with Crippen molar-refractivity contribution in [1.29, 1.82) is 0 Å². The van der Waals surface area contributed by atoms with Gasteiger partial charge in [-0.15, -0.1) is 0 Å². The summed E-state index contributed by atoms with van der Waals surface area (Å²) in [6, 6.07) is 8.67. The highest BCUT2D eigenvalue weighted by molar-refractivity contribution is 5.83. The van der Waals surface area contributed by atoms with Crippen molar-refractivity contribution in [3.8, 4) is 0 Å². The minimum absolute atomic E-state index is 0.0441. The number of carbonyl (C=O) groups excluding carboxylic acids is 1. The van der Waals surface area contributed by atoms with Crippen molar-refractivity contribution < 1.29 is 14.3 Å². The van der Waals surface area contributed by atoms with Crippen LogP contribution in [0.3, 0.4) is 0 Å². The summed E-state index contributed by atoms with van der Waals surface area (Å²) in [5, 5.41) is 0. The zero-order valence-electron chi connectivity index (χ0n) is 12.4. The molecule has 0 bridgehead atoms. The van der Waals surface area contributed by atoms with Crippen LogP contribution in [0.1, 0.15) is 18.5 Å². The number of methoxy groups -OCH3 is 2. The number of benzene rings is 1. The fourth-order valence-electron chi connectivity index (χ4n) is 2.05. The maximum atomic E-state index is 12.6. The molecule has 0 saturated heterocycles. The molecule has 1 aromatic carbocycles. The van der Waals surface area contributed by atoms with Gasteiger partial charge in [0.1, 0.15) is 6.04 Å². The summed E-state index contributed by atoms with van der Waals surface area (Å²) in [5.41, 5.74) is 6.88. The van der Waals surface area contributed by atoms with Gasteiger partial charge in [0.2, 0.25) is 5.91 Å². The smallest absolute Gasteiger partial charge is 0.244 e. The molecular weight excluding hydrogens is 256 g/mol. The van der Waals surface area contributed by atoms with E-state index >= 15 is 0 Å². The fraction of sp³-hybridized carbons (Fsp3) is 0.533. The highest BCUT2D eigenvalue weighted by Gasteiger charge is 2.25. The van der Waals surface area contributed by atoms with Crippen LogP contribution >= 0.6 is 0 Å². The second-order valence-electron chi connectivity index (χ2n) is 4.72. The predicted molar refractivity (Wildman–Crippen MR) is 78.3 cm³/mol. The average molecular weight is 280 g/mol. The van der Waals surface area contributed by atoms with Gasteiger partial charge in [-0.1, -0.05) is 30.3 Å². The van der Waals surface area contributed by atoms with Crippen molar-refractivity contribution in [2.75, 3.05) is 34.0 Å². The highest BCUT2D eigenvalue weighted by Crippen LogP contribution is 2.14. The van der Waals surface area contributed by atoms with Gasteiger partial charge in [0.25, 0.3) is 0 Å². The Kier molecular flexibility index (Phi) is 7.22. The van der Waals surface area contributed by atoms with E-state index in [1.807, 2.05) is 37.3 Å². The molecule has 2 atom stereocenters. The molecule has 112 valence electrons. The maximum absolute atomic E-state index is 12.6. The summed E-state index contributed by atoms with van der Waals surface area (Å²) in [6.07, 6.45) is 0. The number of nitrogens with two attached hydrogens (primary N) is 1. The van der Waals surface area contributed by atoms with Gasteiger partial charge in [0.05, 0.1) is 19.3 Å². The van der Waals surface area contributed by atoms with Gasteiger partial charge in [0.15, 0.2) is 0 Å². The Labute approximate surface area is 120 Å². The molecule has 0 aromatic heterocycles. The summed E-state index contributed by atoms with van der Waals surface area (Å²) in [7, 11) is 3.23. The average Bonchev–Trinajstić information content (AvgIpc) is 2.48. The Hall–Kier alpha value is -1.43. The topological polar surface area (TPSA) is 64.8 Å². The molecule has 5 heteroatoms. The number of nitrogens with zero attached hydrogens (tertiary/aromatic N) is 1. The molecule has 1 amide bonds. The highest BCUT2D eigenvalue weighted by atomic mass is 16.5. The quantitative estimate of drug-likeness (QED) is 0.777. The molecule has 2 N–H and O–H groups in total. The lowest BCUT2D eigenvalue weighted by atomic mass is 10.1. The summed E-state index contributed by atoms with van der Waals surface area (Å²) in [5.74, 6) is -0.113. The Balaban J connectivity index is 2.80. The number of carbonyl (C=O) groups is 1. The summed E-state index contributed by atoms with van der Waals surface area (Å²) in [4.78, 5) is 14.3. The first-order valence-electron chi connectivity index (χ1n) is 6.70. The molecule has 0 aliphatic rings. The monoisotopic (exact) mass is 280 g/mol. The first-order chi connectivity index (χ1) is 9.61. The molecule has 2 unspecified atom stereocenters. The first kappa shape index (κ1) is 16.6. The van der Waals surface area contributed by atoms with E-state index in [0.717, 1.165) is 5.56 Å². The van der Waals surface area contributed by atoms with E-state index in [9.17, 15) is 4.79 Å². The Morgan fingerprint density at radius 1 is 1.25 bits per heavy atom. The molecule has 0 aliphatic carbocycles. The number of hydrogen-bond acceptors (Lipinski definition) is 4. The Bertz CT molecular complexity index is 397. The Morgan fingerprint density at radius 3 is 2.45 bits per heavy atom. The fourth-order valence-corrected chi connectivity index (χ4v) is 2.05. The van der Waals surface area contributed by atoms with Crippen LogP contribution in [0.15, 0.2) is 30.3 Å². The second kappa shape index (κ2) is 8.68. The minimum atomic E-state index is -0.660. The van der Waals surface area contributed by atoms with E-state index in [4.69, 9.17) is 15.2 Å². The Morgan fingerprint density at radius 2 is 1.90 bits per heavy atom. The number of ether oxygens (including phenoxy) is 2. The largest absolute Gasteiger partial charge is 0.383 e. The molecular formula is C15H24N2O3.